The maximum atomic E-state index is 2.34. The van der Waals surface area contributed by atoms with Gasteiger partial charge in [-0.25, -0.2) is 0 Å². The Balaban J connectivity index is 2.73. The standard InChI is InChI=1S/C20H22/c1-11-7-8-17-15(5)16(6)20-14(4)12(2)10-13(3)19(20)18(17)9-11/h7-10H,1-6H3. The first kappa shape index (κ1) is 13.2. The lowest BCUT2D eigenvalue weighted by Gasteiger charge is -2.18. The quantitative estimate of drug-likeness (QED) is 0.446. The van der Waals surface area contributed by atoms with Gasteiger partial charge in [0.05, 0.1) is 0 Å². The molecular weight excluding hydrogens is 240 g/mol. The summed E-state index contributed by atoms with van der Waals surface area (Å²) in [6, 6.07) is 9.16. The minimum Gasteiger partial charge on any atom is -0.0587 e. The van der Waals surface area contributed by atoms with E-state index in [0.29, 0.717) is 0 Å². The molecule has 0 unspecified atom stereocenters. The molecule has 0 saturated carbocycles. The van der Waals surface area contributed by atoms with Crippen LogP contribution >= 0.6 is 0 Å². The number of hydrogen-bond acceptors (Lipinski definition) is 0. The highest BCUT2D eigenvalue weighted by Gasteiger charge is 2.13. The number of aryl methyl sites for hydroxylation is 6. The fourth-order valence-electron chi connectivity index (χ4n) is 3.48. The molecule has 0 nitrogen and oxygen atoms in total. The first-order chi connectivity index (χ1) is 9.41. The highest BCUT2D eigenvalue weighted by Crippen LogP contribution is 2.37. The molecule has 0 heteroatoms. The van der Waals surface area contributed by atoms with Gasteiger partial charge in [0.2, 0.25) is 0 Å². The van der Waals surface area contributed by atoms with Gasteiger partial charge in [0.1, 0.15) is 0 Å². The monoisotopic (exact) mass is 262 g/mol. The second-order valence-corrected chi connectivity index (χ2v) is 6.18. The fourth-order valence-corrected chi connectivity index (χ4v) is 3.48. The van der Waals surface area contributed by atoms with Gasteiger partial charge in [-0.05, 0) is 90.9 Å². The predicted molar refractivity (Wildman–Crippen MR) is 89.9 cm³/mol. The molecule has 0 aliphatic heterocycles. The van der Waals surface area contributed by atoms with E-state index in [-0.39, 0.29) is 0 Å². The third-order valence-corrected chi connectivity index (χ3v) is 4.83. The third-order valence-electron chi connectivity index (χ3n) is 4.83. The summed E-state index contributed by atoms with van der Waals surface area (Å²) >= 11 is 0. The molecule has 0 amide bonds. The lowest BCUT2D eigenvalue weighted by Crippen LogP contribution is -1.95. The number of fused-ring (bicyclic) bond motifs is 3. The Morgan fingerprint density at radius 2 is 1.25 bits per heavy atom. The van der Waals surface area contributed by atoms with Crippen molar-refractivity contribution < 1.29 is 0 Å². The van der Waals surface area contributed by atoms with Crippen molar-refractivity contribution in [3.05, 3.63) is 57.6 Å². The molecule has 0 spiro atoms. The van der Waals surface area contributed by atoms with Gasteiger partial charge in [-0.3, -0.25) is 0 Å². The van der Waals surface area contributed by atoms with Crippen LogP contribution in [0.3, 0.4) is 0 Å². The molecule has 102 valence electrons. The molecule has 0 aromatic heterocycles. The minimum atomic E-state index is 1.33. The third kappa shape index (κ3) is 1.67. The molecule has 0 bridgehead atoms. The zero-order valence-electron chi connectivity index (χ0n) is 13.3. The van der Waals surface area contributed by atoms with Crippen LogP contribution in [-0.4, -0.2) is 0 Å². The lowest BCUT2D eigenvalue weighted by atomic mass is 9.86. The molecule has 3 aromatic carbocycles. The summed E-state index contributed by atoms with van der Waals surface area (Å²) in [5.41, 5.74) is 8.39. The van der Waals surface area contributed by atoms with E-state index in [2.05, 4.69) is 65.8 Å². The van der Waals surface area contributed by atoms with Gasteiger partial charge < -0.3 is 0 Å². The Hall–Kier alpha value is -1.82. The van der Waals surface area contributed by atoms with Gasteiger partial charge in [-0.2, -0.15) is 0 Å². The van der Waals surface area contributed by atoms with Crippen LogP contribution in [0.15, 0.2) is 24.3 Å². The summed E-state index contributed by atoms with van der Waals surface area (Å²) in [5, 5.41) is 5.70. The highest BCUT2D eigenvalue weighted by molar-refractivity contribution is 6.13. The van der Waals surface area contributed by atoms with Crippen LogP contribution in [0.2, 0.25) is 0 Å². The van der Waals surface area contributed by atoms with E-state index < -0.39 is 0 Å². The van der Waals surface area contributed by atoms with E-state index in [1.807, 2.05) is 0 Å². The van der Waals surface area contributed by atoms with Crippen molar-refractivity contribution in [1.82, 2.24) is 0 Å². The van der Waals surface area contributed by atoms with Crippen LogP contribution in [-0.2, 0) is 0 Å². The molecule has 0 N–H and O–H groups in total. The van der Waals surface area contributed by atoms with Crippen LogP contribution in [0, 0.1) is 41.5 Å². The first-order valence-corrected chi connectivity index (χ1v) is 7.32. The van der Waals surface area contributed by atoms with Crippen molar-refractivity contribution in [3.8, 4) is 0 Å². The van der Waals surface area contributed by atoms with E-state index >= 15 is 0 Å². The fraction of sp³-hybridized carbons (Fsp3) is 0.300. The highest BCUT2D eigenvalue weighted by atomic mass is 14.2. The summed E-state index contributed by atoms with van der Waals surface area (Å²) < 4.78 is 0. The van der Waals surface area contributed by atoms with E-state index in [1.54, 1.807) is 0 Å². The van der Waals surface area contributed by atoms with E-state index in [9.17, 15) is 0 Å². The summed E-state index contributed by atoms with van der Waals surface area (Å²) in [5.74, 6) is 0. The van der Waals surface area contributed by atoms with Gasteiger partial charge in [0.15, 0.2) is 0 Å². The normalized spacial score (nSPS) is 11.5. The largest absolute Gasteiger partial charge is 0.0587 e. The van der Waals surface area contributed by atoms with Gasteiger partial charge in [0, 0.05) is 0 Å². The second kappa shape index (κ2) is 4.34. The maximum absolute atomic E-state index is 2.34. The molecule has 3 aromatic rings. The van der Waals surface area contributed by atoms with E-state index in [4.69, 9.17) is 0 Å². The van der Waals surface area contributed by atoms with Crippen LogP contribution in [0.25, 0.3) is 21.5 Å². The Kier molecular flexibility index (Phi) is 2.86. The lowest BCUT2D eigenvalue weighted by molar-refractivity contribution is 1.32. The van der Waals surface area contributed by atoms with Crippen molar-refractivity contribution in [2.24, 2.45) is 0 Å². The molecule has 0 heterocycles. The molecule has 0 radical (unpaired) electrons. The zero-order chi connectivity index (χ0) is 14.6. The molecular formula is C20H22. The average Bonchev–Trinajstić information content (AvgIpc) is 2.40. The Morgan fingerprint density at radius 3 is 1.95 bits per heavy atom. The molecule has 0 aliphatic rings. The molecule has 3 rings (SSSR count). The first-order valence-electron chi connectivity index (χ1n) is 7.32. The maximum Gasteiger partial charge on any atom is -0.00703 e. The molecule has 0 aliphatic carbocycles. The van der Waals surface area contributed by atoms with Crippen molar-refractivity contribution >= 4 is 21.5 Å². The molecule has 0 atom stereocenters. The topological polar surface area (TPSA) is 0 Å². The summed E-state index contributed by atoms with van der Waals surface area (Å²) in [7, 11) is 0. The predicted octanol–water partition coefficient (Wildman–Crippen LogP) is 5.84. The van der Waals surface area contributed by atoms with Gasteiger partial charge in [-0.15, -0.1) is 0 Å². The minimum absolute atomic E-state index is 1.33. The Labute approximate surface area is 121 Å². The summed E-state index contributed by atoms with van der Waals surface area (Å²) in [6.45, 7) is 13.4. The number of hydrogen-bond donors (Lipinski definition) is 0. The Bertz CT molecular complexity index is 851. The number of rotatable bonds is 0. The number of benzene rings is 3. The molecule has 0 fully saturated rings. The van der Waals surface area contributed by atoms with E-state index in [0.717, 1.165) is 0 Å². The van der Waals surface area contributed by atoms with Gasteiger partial charge in [-0.1, -0.05) is 29.8 Å². The van der Waals surface area contributed by atoms with Gasteiger partial charge in [0.25, 0.3) is 0 Å². The van der Waals surface area contributed by atoms with Crippen LogP contribution in [0.5, 0.6) is 0 Å². The van der Waals surface area contributed by atoms with Crippen molar-refractivity contribution in [2.75, 3.05) is 0 Å². The summed E-state index contributed by atoms with van der Waals surface area (Å²) in [6.07, 6.45) is 0. The SMILES string of the molecule is Cc1ccc2c(C)c(C)c3c(C)c(C)cc(C)c3c2c1. The molecule has 20 heavy (non-hydrogen) atoms. The van der Waals surface area contributed by atoms with Crippen LogP contribution in [0.4, 0.5) is 0 Å². The molecule has 0 saturated heterocycles. The average molecular weight is 262 g/mol. The van der Waals surface area contributed by atoms with Crippen LogP contribution < -0.4 is 0 Å². The zero-order valence-corrected chi connectivity index (χ0v) is 13.3. The van der Waals surface area contributed by atoms with Crippen LogP contribution in [0.1, 0.15) is 33.4 Å². The second-order valence-electron chi connectivity index (χ2n) is 6.18. The summed E-state index contributed by atoms with van der Waals surface area (Å²) in [4.78, 5) is 0. The van der Waals surface area contributed by atoms with E-state index in [1.165, 1.54) is 54.9 Å². The smallest absolute Gasteiger partial charge is 0.00703 e. The van der Waals surface area contributed by atoms with Crippen molar-refractivity contribution in [2.45, 2.75) is 41.5 Å². The Morgan fingerprint density at radius 1 is 0.550 bits per heavy atom. The van der Waals surface area contributed by atoms with Crippen molar-refractivity contribution in [3.63, 3.8) is 0 Å². The van der Waals surface area contributed by atoms with Crippen molar-refractivity contribution in [1.29, 1.82) is 0 Å². The van der Waals surface area contributed by atoms with Gasteiger partial charge >= 0.3 is 0 Å².